The number of ether oxygens (including phenoxy) is 2. The number of benzene rings is 1. The average Bonchev–Trinajstić information content (AvgIpc) is 2.94. The van der Waals surface area contributed by atoms with Crippen molar-refractivity contribution < 1.29 is 22.7 Å². The number of hydrogen-bond donors (Lipinski definition) is 1. The van der Waals surface area contributed by atoms with Gasteiger partial charge in [-0.05, 0) is 24.6 Å². The van der Waals surface area contributed by atoms with Gasteiger partial charge in [0, 0.05) is 11.6 Å². The van der Waals surface area contributed by atoms with Gasteiger partial charge >= 0.3 is 0 Å². The Kier molecular flexibility index (Phi) is 2.85. The van der Waals surface area contributed by atoms with E-state index >= 15 is 0 Å². The predicted octanol–water partition coefficient (Wildman–Crippen LogP) is 0.332. The quantitative estimate of drug-likeness (QED) is 0.846. The Morgan fingerprint density at radius 3 is 2.79 bits per heavy atom. The van der Waals surface area contributed by atoms with Gasteiger partial charge in [-0.1, -0.05) is 0 Å². The zero-order valence-corrected chi connectivity index (χ0v) is 10.9. The van der Waals surface area contributed by atoms with Gasteiger partial charge in [-0.15, -0.1) is 0 Å². The van der Waals surface area contributed by atoms with Crippen molar-refractivity contribution in [2.24, 2.45) is 0 Å². The van der Waals surface area contributed by atoms with Gasteiger partial charge in [-0.2, -0.15) is 0 Å². The van der Waals surface area contributed by atoms with Crippen LogP contribution >= 0.6 is 0 Å². The van der Waals surface area contributed by atoms with Gasteiger partial charge in [0.1, 0.15) is 0 Å². The van der Waals surface area contributed by atoms with Crippen LogP contribution in [0.4, 0.5) is 0 Å². The molecule has 1 fully saturated rings. The Balaban J connectivity index is 1.71. The number of carbonyl (C=O) groups excluding carboxylic acids is 1. The molecule has 1 N–H and O–H groups in total. The molecule has 0 aromatic heterocycles. The van der Waals surface area contributed by atoms with Crippen LogP contribution in [0.25, 0.3) is 0 Å². The van der Waals surface area contributed by atoms with Gasteiger partial charge in [-0.3, -0.25) is 4.79 Å². The van der Waals surface area contributed by atoms with Crippen LogP contribution in [0.2, 0.25) is 0 Å². The first-order chi connectivity index (χ1) is 9.03. The highest BCUT2D eigenvalue weighted by molar-refractivity contribution is 7.91. The molecule has 2 heterocycles. The van der Waals surface area contributed by atoms with Crippen molar-refractivity contribution in [1.29, 1.82) is 0 Å². The second-order valence-electron chi connectivity index (χ2n) is 4.64. The summed E-state index contributed by atoms with van der Waals surface area (Å²) < 4.78 is 33.0. The minimum absolute atomic E-state index is 0.0172. The van der Waals surface area contributed by atoms with Crippen molar-refractivity contribution in [2.75, 3.05) is 18.3 Å². The van der Waals surface area contributed by atoms with Crippen LogP contribution in [0.15, 0.2) is 18.2 Å². The molecule has 0 aliphatic carbocycles. The lowest BCUT2D eigenvalue weighted by atomic mass is 10.1. The second-order valence-corrected chi connectivity index (χ2v) is 6.87. The number of nitrogens with one attached hydrogen (secondary N) is 1. The predicted molar refractivity (Wildman–Crippen MR) is 67.1 cm³/mol. The fraction of sp³-hybridized carbons (Fsp3) is 0.417. The number of sulfone groups is 1. The van der Waals surface area contributed by atoms with Crippen LogP contribution in [0.3, 0.4) is 0 Å². The molecule has 1 amide bonds. The Morgan fingerprint density at radius 2 is 2.05 bits per heavy atom. The summed E-state index contributed by atoms with van der Waals surface area (Å²) in [6.45, 7) is 0.154. The van der Waals surface area contributed by atoms with Gasteiger partial charge in [0.2, 0.25) is 6.79 Å². The summed E-state index contributed by atoms with van der Waals surface area (Å²) >= 11 is 0. The van der Waals surface area contributed by atoms with Crippen molar-refractivity contribution in [2.45, 2.75) is 12.5 Å². The normalized spacial score (nSPS) is 23.3. The lowest BCUT2D eigenvalue weighted by molar-refractivity contribution is 0.0940. The molecule has 0 saturated carbocycles. The van der Waals surface area contributed by atoms with Crippen molar-refractivity contribution in [3.8, 4) is 11.5 Å². The highest BCUT2D eigenvalue weighted by Crippen LogP contribution is 2.32. The third kappa shape index (κ3) is 2.51. The van der Waals surface area contributed by atoms with E-state index in [2.05, 4.69) is 5.32 Å². The Hall–Kier alpha value is -1.76. The third-order valence-corrected chi connectivity index (χ3v) is 4.97. The van der Waals surface area contributed by atoms with Crippen LogP contribution in [0.5, 0.6) is 11.5 Å². The maximum atomic E-state index is 12.0. The van der Waals surface area contributed by atoms with Crippen LogP contribution in [-0.2, 0) is 9.84 Å². The Labute approximate surface area is 110 Å². The van der Waals surface area contributed by atoms with Crippen LogP contribution in [0.1, 0.15) is 16.8 Å². The molecule has 102 valence electrons. The van der Waals surface area contributed by atoms with E-state index < -0.39 is 9.84 Å². The van der Waals surface area contributed by atoms with E-state index in [0.717, 1.165) is 0 Å². The maximum Gasteiger partial charge on any atom is 0.251 e. The summed E-state index contributed by atoms with van der Waals surface area (Å²) in [6.07, 6.45) is 0.471. The molecule has 19 heavy (non-hydrogen) atoms. The fourth-order valence-electron chi connectivity index (χ4n) is 2.22. The summed E-state index contributed by atoms with van der Waals surface area (Å²) in [5, 5.41) is 2.73. The lowest BCUT2D eigenvalue weighted by Crippen LogP contribution is -2.35. The number of fused-ring (bicyclic) bond motifs is 1. The topological polar surface area (TPSA) is 81.7 Å². The smallest absolute Gasteiger partial charge is 0.251 e. The van der Waals surface area contributed by atoms with E-state index in [4.69, 9.17) is 9.47 Å². The molecule has 1 atom stereocenters. The summed E-state index contributed by atoms with van der Waals surface area (Å²) in [7, 11) is -2.99. The van der Waals surface area contributed by atoms with E-state index in [9.17, 15) is 13.2 Å². The number of amides is 1. The van der Waals surface area contributed by atoms with Crippen LogP contribution in [0, 0.1) is 0 Å². The molecule has 1 aromatic rings. The molecule has 7 heteroatoms. The van der Waals surface area contributed by atoms with E-state index in [1.54, 1.807) is 18.2 Å². The van der Waals surface area contributed by atoms with Gasteiger partial charge in [0.15, 0.2) is 21.3 Å². The summed E-state index contributed by atoms with van der Waals surface area (Å²) in [6, 6.07) is 4.60. The molecule has 0 unspecified atom stereocenters. The second kappa shape index (κ2) is 4.41. The minimum Gasteiger partial charge on any atom is -0.454 e. The minimum atomic E-state index is -2.99. The van der Waals surface area contributed by atoms with E-state index in [0.29, 0.717) is 23.5 Å². The molecule has 3 rings (SSSR count). The standard InChI is InChI=1S/C12H13NO5S/c14-12(13-9-3-4-19(15,16)6-9)8-1-2-10-11(5-8)18-7-17-10/h1-2,5,9H,3-4,6-7H2,(H,13,14)/t9-/m0/s1. The molecule has 2 aliphatic heterocycles. The number of hydrogen-bond acceptors (Lipinski definition) is 5. The molecular formula is C12H13NO5S. The van der Waals surface area contributed by atoms with E-state index in [1.165, 1.54) is 0 Å². The fourth-order valence-corrected chi connectivity index (χ4v) is 3.89. The van der Waals surface area contributed by atoms with Gasteiger partial charge in [0.05, 0.1) is 11.5 Å². The SMILES string of the molecule is O=C(N[C@H]1CCS(=O)(=O)C1)c1ccc2c(c1)OCO2. The highest BCUT2D eigenvalue weighted by atomic mass is 32.2. The molecule has 0 bridgehead atoms. The molecule has 1 aromatic carbocycles. The lowest BCUT2D eigenvalue weighted by Gasteiger charge is -2.10. The zero-order chi connectivity index (χ0) is 13.5. The first-order valence-electron chi connectivity index (χ1n) is 5.94. The summed E-state index contributed by atoms with van der Waals surface area (Å²) in [5.41, 5.74) is 0.438. The largest absolute Gasteiger partial charge is 0.454 e. The van der Waals surface area contributed by atoms with Crippen molar-refractivity contribution in [3.63, 3.8) is 0 Å². The number of rotatable bonds is 2. The third-order valence-electron chi connectivity index (χ3n) is 3.20. The van der Waals surface area contributed by atoms with Crippen LogP contribution in [-0.4, -0.2) is 38.7 Å². The molecular weight excluding hydrogens is 270 g/mol. The Bertz CT molecular complexity index is 625. The molecule has 6 nitrogen and oxygen atoms in total. The van der Waals surface area contributed by atoms with Crippen molar-refractivity contribution >= 4 is 15.7 Å². The first kappa shape index (κ1) is 12.3. The van der Waals surface area contributed by atoms with Gasteiger partial charge < -0.3 is 14.8 Å². The molecule has 2 aliphatic rings. The monoisotopic (exact) mass is 283 g/mol. The van der Waals surface area contributed by atoms with Gasteiger partial charge in [0.25, 0.3) is 5.91 Å². The van der Waals surface area contributed by atoms with Gasteiger partial charge in [-0.25, -0.2) is 8.42 Å². The molecule has 0 spiro atoms. The Morgan fingerprint density at radius 1 is 1.26 bits per heavy atom. The van der Waals surface area contributed by atoms with E-state index in [1.807, 2.05) is 0 Å². The van der Waals surface area contributed by atoms with Crippen molar-refractivity contribution in [1.82, 2.24) is 5.32 Å². The summed E-state index contributed by atoms with van der Waals surface area (Å²) in [4.78, 5) is 12.0. The average molecular weight is 283 g/mol. The number of carbonyl (C=O) groups is 1. The molecule has 0 radical (unpaired) electrons. The summed E-state index contributed by atoms with van der Waals surface area (Å²) in [5.74, 6) is 1.01. The van der Waals surface area contributed by atoms with Crippen molar-refractivity contribution in [3.05, 3.63) is 23.8 Å². The maximum absolute atomic E-state index is 12.0. The zero-order valence-electron chi connectivity index (χ0n) is 10.1. The van der Waals surface area contributed by atoms with E-state index in [-0.39, 0.29) is 30.2 Å². The van der Waals surface area contributed by atoms with Crippen LogP contribution < -0.4 is 14.8 Å². The highest BCUT2D eigenvalue weighted by Gasteiger charge is 2.29. The molecule has 1 saturated heterocycles. The first-order valence-corrected chi connectivity index (χ1v) is 7.76.